The van der Waals surface area contributed by atoms with Gasteiger partial charge in [0, 0.05) is 0 Å². The van der Waals surface area contributed by atoms with Crippen molar-refractivity contribution in [2.75, 3.05) is 7.11 Å². The van der Waals surface area contributed by atoms with E-state index in [2.05, 4.69) is 9.72 Å². The van der Waals surface area contributed by atoms with E-state index in [9.17, 15) is 18.4 Å². The van der Waals surface area contributed by atoms with Crippen molar-refractivity contribution < 1.29 is 32.2 Å². The summed E-state index contributed by atoms with van der Waals surface area (Å²) < 4.78 is 44.2. The highest BCUT2D eigenvalue weighted by Crippen LogP contribution is 2.37. The van der Waals surface area contributed by atoms with Crippen LogP contribution in [0.25, 0.3) is 11.1 Å². The summed E-state index contributed by atoms with van der Waals surface area (Å²) in [6.45, 7) is -3.26. The molecule has 0 aliphatic carbocycles. The standard InChI is InChI=1S/C17H12ClF2NO6/c1-24-13-5-8(4-10(18)14(13)27-16(19)20)7-25-15(22)9-2-3-12-11(6-9)21-17(23)26-12/h2-6,16H,7H2,1H3,(H,21,23). The number of rotatable bonds is 6. The molecule has 7 nitrogen and oxygen atoms in total. The number of aromatic nitrogens is 1. The number of hydrogen-bond donors (Lipinski definition) is 1. The number of halogens is 3. The highest BCUT2D eigenvalue weighted by molar-refractivity contribution is 6.32. The lowest BCUT2D eigenvalue weighted by molar-refractivity contribution is -0.0511. The maximum absolute atomic E-state index is 12.4. The number of fused-ring (bicyclic) bond motifs is 1. The number of oxazole rings is 1. The van der Waals surface area contributed by atoms with E-state index in [0.717, 1.165) is 0 Å². The summed E-state index contributed by atoms with van der Waals surface area (Å²) >= 11 is 5.93. The maximum atomic E-state index is 12.4. The number of carbonyl (C=O) groups is 1. The average molecular weight is 400 g/mol. The molecule has 3 rings (SSSR count). The first-order valence-electron chi connectivity index (χ1n) is 7.48. The van der Waals surface area contributed by atoms with Crippen LogP contribution in [0, 0.1) is 0 Å². The SMILES string of the molecule is COc1cc(COC(=O)c2ccc3oc(=O)[nH]c3c2)cc(Cl)c1OC(F)F. The second-order valence-electron chi connectivity index (χ2n) is 5.29. The molecule has 1 aromatic heterocycles. The summed E-state index contributed by atoms with van der Waals surface area (Å²) in [7, 11) is 1.26. The fourth-order valence-electron chi connectivity index (χ4n) is 2.37. The van der Waals surface area contributed by atoms with Crippen LogP contribution in [0.3, 0.4) is 0 Å². The van der Waals surface area contributed by atoms with Crippen LogP contribution in [0.2, 0.25) is 5.02 Å². The normalized spacial score (nSPS) is 11.0. The minimum atomic E-state index is -3.07. The number of aromatic amines is 1. The van der Waals surface area contributed by atoms with Crippen LogP contribution in [-0.4, -0.2) is 24.7 Å². The van der Waals surface area contributed by atoms with Gasteiger partial charge in [-0.2, -0.15) is 8.78 Å². The van der Waals surface area contributed by atoms with Gasteiger partial charge in [-0.05, 0) is 35.9 Å². The van der Waals surface area contributed by atoms with Crippen molar-refractivity contribution in [3.63, 3.8) is 0 Å². The molecule has 0 saturated carbocycles. The molecule has 0 atom stereocenters. The summed E-state index contributed by atoms with van der Waals surface area (Å²) in [4.78, 5) is 25.8. The Morgan fingerprint density at radius 2 is 2.07 bits per heavy atom. The van der Waals surface area contributed by atoms with E-state index in [1.165, 1.54) is 37.4 Å². The molecule has 0 saturated heterocycles. The van der Waals surface area contributed by atoms with Crippen LogP contribution >= 0.6 is 11.6 Å². The second-order valence-corrected chi connectivity index (χ2v) is 5.70. The lowest BCUT2D eigenvalue weighted by atomic mass is 10.2. The first-order chi connectivity index (χ1) is 12.9. The number of benzene rings is 2. The van der Waals surface area contributed by atoms with Crippen molar-refractivity contribution in [3.05, 3.63) is 57.0 Å². The number of nitrogens with one attached hydrogen (secondary N) is 1. The molecule has 0 amide bonds. The van der Waals surface area contributed by atoms with Gasteiger partial charge in [-0.25, -0.2) is 9.59 Å². The van der Waals surface area contributed by atoms with E-state index in [4.69, 9.17) is 25.5 Å². The number of ether oxygens (including phenoxy) is 3. The first kappa shape index (κ1) is 18.7. The predicted molar refractivity (Wildman–Crippen MR) is 90.6 cm³/mol. The quantitative estimate of drug-likeness (QED) is 0.635. The minimum absolute atomic E-state index is 0.0220. The molecule has 10 heteroatoms. The first-order valence-corrected chi connectivity index (χ1v) is 7.86. The molecule has 0 unspecified atom stereocenters. The van der Waals surface area contributed by atoms with Gasteiger partial charge in [0.1, 0.15) is 6.61 Å². The van der Waals surface area contributed by atoms with Crippen LogP contribution in [0.4, 0.5) is 8.78 Å². The van der Waals surface area contributed by atoms with Gasteiger partial charge in [-0.3, -0.25) is 4.98 Å². The third-order valence-electron chi connectivity index (χ3n) is 3.52. The van der Waals surface area contributed by atoms with E-state index in [-0.39, 0.29) is 28.7 Å². The molecule has 0 bridgehead atoms. The summed E-state index contributed by atoms with van der Waals surface area (Å²) in [6.07, 6.45) is 0. The van der Waals surface area contributed by atoms with Crippen molar-refractivity contribution in [1.82, 2.24) is 4.98 Å². The molecule has 0 fully saturated rings. The van der Waals surface area contributed by atoms with Crippen molar-refractivity contribution in [1.29, 1.82) is 0 Å². The molecule has 2 aromatic carbocycles. The van der Waals surface area contributed by atoms with E-state index in [0.29, 0.717) is 16.7 Å². The smallest absolute Gasteiger partial charge is 0.417 e. The van der Waals surface area contributed by atoms with Crippen LogP contribution in [0.1, 0.15) is 15.9 Å². The predicted octanol–water partition coefficient (Wildman–Crippen LogP) is 3.74. The van der Waals surface area contributed by atoms with E-state index in [1.807, 2.05) is 0 Å². The molecule has 1 heterocycles. The molecule has 27 heavy (non-hydrogen) atoms. The summed E-state index contributed by atoms with van der Waals surface area (Å²) in [5.41, 5.74) is 1.26. The van der Waals surface area contributed by atoms with E-state index >= 15 is 0 Å². The molecule has 0 spiro atoms. The van der Waals surface area contributed by atoms with Gasteiger partial charge in [0.25, 0.3) is 0 Å². The fourth-order valence-corrected chi connectivity index (χ4v) is 2.65. The molecule has 0 aliphatic rings. The molecule has 1 N–H and O–H groups in total. The Bertz CT molecular complexity index is 1050. The molecule has 0 radical (unpaired) electrons. The number of methoxy groups -OCH3 is 1. The van der Waals surface area contributed by atoms with Crippen molar-refractivity contribution in [3.8, 4) is 11.5 Å². The Kier molecular flexibility index (Phi) is 5.31. The maximum Gasteiger partial charge on any atom is 0.417 e. The van der Waals surface area contributed by atoms with Crippen molar-refractivity contribution in [2.45, 2.75) is 13.2 Å². The van der Waals surface area contributed by atoms with Gasteiger partial charge in [0.2, 0.25) is 0 Å². The number of esters is 1. The Morgan fingerprint density at radius 3 is 2.78 bits per heavy atom. The van der Waals surface area contributed by atoms with E-state index in [1.54, 1.807) is 0 Å². The molecule has 0 aliphatic heterocycles. The number of carbonyl (C=O) groups excluding carboxylic acids is 1. The summed E-state index contributed by atoms with van der Waals surface area (Å²) in [6, 6.07) is 7.00. The second kappa shape index (κ2) is 7.67. The Hall–Kier alpha value is -3.07. The highest BCUT2D eigenvalue weighted by atomic mass is 35.5. The Morgan fingerprint density at radius 1 is 1.30 bits per heavy atom. The number of hydrogen-bond acceptors (Lipinski definition) is 6. The van der Waals surface area contributed by atoms with Crippen molar-refractivity contribution in [2.24, 2.45) is 0 Å². The molecular formula is C17H12ClF2NO6. The number of H-pyrrole nitrogens is 1. The van der Waals surface area contributed by atoms with E-state index < -0.39 is 18.3 Å². The largest absolute Gasteiger partial charge is 0.493 e. The molecule has 142 valence electrons. The van der Waals surface area contributed by atoms with Gasteiger partial charge in [-0.15, -0.1) is 0 Å². The van der Waals surface area contributed by atoms with Crippen LogP contribution in [0.15, 0.2) is 39.5 Å². The Balaban J connectivity index is 1.75. The van der Waals surface area contributed by atoms with Gasteiger partial charge in [0.05, 0.1) is 23.2 Å². The van der Waals surface area contributed by atoms with Crippen LogP contribution in [0.5, 0.6) is 11.5 Å². The monoisotopic (exact) mass is 399 g/mol. The molecular weight excluding hydrogens is 388 g/mol. The topological polar surface area (TPSA) is 90.8 Å². The zero-order valence-corrected chi connectivity index (χ0v) is 14.5. The molecule has 3 aromatic rings. The lowest BCUT2D eigenvalue weighted by Crippen LogP contribution is -2.07. The zero-order valence-electron chi connectivity index (χ0n) is 13.8. The van der Waals surface area contributed by atoms with Gasteiger partial charge in [0.15, 0.2) is 17.1 Å². The minimum Gasteiger partial charge on any atom is -0.493 e. The average Bonchev–Trinajstić information content (AvgIpc) is 3.00. The third kappa shape index (κ3) is 4.20. The summed E-state index contributed by atoms with van der Waals surface area (Å²) in [5, 5.41) is -0.113. The van der Waals surface area contributed by atoms with Gasteiger partial charge in [-0.1, -0.05) is 11.6 Å². The lowest BCUT2D eigenvalue weighted by Gasteiger charge is -2.13. The zero-order chi connectivity index (χ0) is 19.6. The third-order valence-corrected chi connectivity index (χ3v) is 3.80. The summed E-state index contributed by atoms with van der Waals surface area (Å²) in [5.74, 6) is -1.63. The highest BCUT2D eigenvalue weighted by Gasteiger charge is 2.17. The van der Waals surface area contributed by atoms with Crippen LogP contribution < -0.4 is 15.2 Å². The number of alkyl halides is 2. The van der Waals surface area contributed by atoms with Crippen LogP contribution in [-0.2, 0) is 11.3 Å². The van der Waals surface area contributed by atoms with Gasteiger partial charge < -0.3 is 18.6 Å². The Labute approximate surface area is 155 Å². The van der Waals surface area contributed by atoms with Gasteiger partial charge >= 0.3 is 18.3 Å². The van der Waals surface area contributed by atoms with Crippen molar-refractivity contribution >= 4 is 28.7 Å². The fraction of sp³-hybridized carbons (Fsp3) is 0.176.